The van der Waals surface area contributed by atoms with Crippen molar-refractivity contribution in [3.05, 3.63) is 52.0 Å². The highest BCUT2D eigenvalue weighted by molar-refractivity contribution is 7.10. The Morgan fingerprint density at radius 2 is 2.19 bits per heavy atom. The summed E-state index contributed by atoms with van der Waals surface area (Å²) in [6, 6.07) is 5.03. The maximum absolute atomic E-state index is 13.5. The summed E-state index contributed by atoms with van der Waals surface area (Å²) in [6.07, 6.45) is 1.07. The monoisotopic (exact) mass is 311 g/mol. The van der Waals surface area contributed by atoms with E-state index in [1.807, 2.05) is 36.5 Å². The number of hydrogen-bond donors (Lipinski definition) is 1. The van der Waals surface area contributed by atoms with Crippen LogP contribution in [0.4, 0.5) is 8.78 Å². The second kappa shape index (κ2) is 6.73. The van der Waals surface area contributed by atoms with Crippen molar-refractivity contribution in [2.24, 2.45) is 0 Å². The Balaban J connectivity index is 2.07. The topological polar surface area (TPSA) is 45.2 Å². The van der Waals surface area contributed by atoms with Crippen molar-refractivity contribution in [3.63, 3.8) is 0 Å². The molecular formula is C14H15F2N3OS. The summed E-state index contributed by atoms with van der Waals surface area (Å²) in [4.78, 5) is 18.2. The van der Waals surface area contributed by atoms with E-state index in [4.69, 9.17) is 0 Å². The second-order valence-corrected chi connectivity index (χ2v) is 5.65. The molecule has 1 amide bonds. The predicted octanol–water partition coefficient (Wildman–Crippen LogP) is 2.45. The molecule has 112 valence electrons. The van der Waals surface area contributed by atoms with Crippen LogP contribution >= 0.6 is 11.3 Å². The highest BCUT2D eigenvalue weighted by Crippen LogP contribution is 2.22. The van der Waals surface area contributed by atoms with Gasteiger partial charge in [0.2, 0.25) is 5.95 Å². The second-order valence-electron chi connectivity index (χ2n) is 4.67. The van der Waals surface area contributed by atoms with E-state index in [1.54, 1.807) is 11.3 Å². The van der Waals surface area contributed by atoms with Crippen LogP contribution in [0.5, 0.6) is 0 Å². The van der Waals surface area contributed by atoms with Crippen molar-refractivity contribution < 1.29 is 13.6 Å². The summed E-state index contributed by atoms with van der Waals surface area (Å²) >= 11 is 1.58. The first-order valence-electron chi connectivity index (χ1n) is 6.28. The highest BCUT2D eigenvalue weighted by atomic mass is 32.1. The maximum atomic E-state index is 13.5. The summed E-state index contributed by atoms with van der Waals surface area (Å²) in [5, 5.41) is 4.58. The molecule has 2 heterocycles. The molecule has 7 heteroatoms. The zero-order valence-electron chi connectivity index (χ0n) is 11.6. The fraction of sp³-hybridized carbons (Fsp3) is 0.286. The lowest BCUT2D eigenvalue weighted by molar-refractivity contribution is 0.0936. The summed E-state index contributed by atoms with van der Waals surface area (Å²) in [7, 11) is 3.78. The number of likely N-dealkylation sites (N-methyl/N-ethyl adjacent to an activating group) is 1. The van der Waals surface area contributed by atoms with Gasteiger partial charge in [-0.15, -0.1) is 11.3 Å². The van der Waals surface area contributed by atoms with Crippen molar-refractivity contribution in [2.75, 3.05) is 20.6 Å². The Bertz CT molecular complexity index is 617. The molecule has 0 saturated heterocycles. The minimum Gasteiger partial charge on any atom is -0.350 e. The zero-order chi connectivity index (χ0) is 15.4. The average Bonchev–Trinajstić information content (AvgIpc) is 2.95. The van der Waals surface area contributed by atoms with Crippen molar-refractivity contribution in [1.29, 1.82) is 0 Å². The molecule has 0 fully saturated rings. The van der Waals surface area contributed by atoms with E-state index in [2.05, 4.69) is 10.3 Å². The first kappa shape index (κ1) is 15.5. The van der Waals surface area contributed by atoms with Crippen molar-refractivity contribution in [3.8, 4) is 0 Å². The molecule has 0 aromatic carbocycles. The fourth-order valence-electron chi connectivity index (χ4n) is 1.90. The van der Waals surface area contributed by atoms with E-state index in [0.717, 1.165) is 17.1 Å². The number of carbonyl (C=O) groups is 1. The lowest BCUT2D eigenvalue weighted by Gasteiger charge is -2.23. The number of pyridine rings is 1. The summed E-state index contributed by atoms with van der Waals surface area (Å²) < 4.78 is 26.5. The third kappa shape index (κ3) is 3.62. The smallest absolute Gasteiger partial charge is 0.254 e. The van der Waals surface area contributed by atoms with Gasteiger partial charge in [0.15, 0.2) is 5.82 Å². The van der Waals surface area contributed by atoms with Gasteiger partial charge in [-0.05, 0) is 31.6 Å². The minimum atomic E-state index is -1.27. The number of rotatable bonds is 5. The van der Waals surface area contributed by atoms with Gasteiger partial charge in [0.05, 0.1) is 11.6 Å². The largest absolute Gasteiger partial charge is 0.350 e. The first-order chi connectivity index (χ1) is 10.0. The molecule has 0 bridgehead atoms. The van der Waals surface area contributed by atoms with Crippen LogP contribution in [0.15, 0.2) is 29.8 Å². The molecule has 0 radical (unpaired) electrons. The molecule has 2 aromatic heterocycles. The van der Waals surface area contributed by atoms with Gasteiger partial charge >= 0.3 is 0 Å². The molecule has 1 unspecified atom stereocenters. The Kier molecular flexibility index (Phi) is 4.98. The lowest BCUT2D eigenvalue weighted by Crippen LogP contribution is -2.34. The van der Waals surface area contributed by atoms with Crippen molar-refractivity contribution >= 4 is 17.2 Å². The highest BCUT2D eigenvalue weighted by Gasteiger charge is 2.19. The Labute approximate surface area is 125 Å². The molecule has 2 aromatic rings. The van der Waals surface area contributed by atoms with Gasteiger partial charge in [0.25, 0.3) is 5.91 Å². The van der Waals surface area contributed by atoms with Crippen molar-refractivity contribution in [2.45, 2.75) is 6.04 Å². The van der Waals surface area contributed by atoms with Gasteiger partial charge in [-0.2, -0.15) is 4.39 Å². The summed E-state index contributed by atoms with van der Waals surface area (Å²) in [6.45, 7) is 0.301. The van der Waals surface area contributed by atoms with Crippen molar-refractivity contribution in [1.82, 2.24) is 15.2 Å². The van der Waals surface area contributed by atoms with E-state index in [0.29, 0.717) is 6.54 Å². The molecule has 0 aliphatic carbocycles. The molecule has 0 spiro atoms. The van der Waals surface area contributed by atoms with Gasteiger partial charge < -0.3 is 10.2 Å². The Morgan fingerprint density at radius 1 is 1.43 bits per heavy atom. The molecule has 4 nitrogen and oxygen atoms in total. The molecular weight excluding hydrogens is 296 g/mol. The SMILES string of the molecule is CN(C)C(CNC(=O)c1ccnc(F)c1F)c1cccs1. The average molecular weight is 311 g/mol. The quantitative estimate of drug-likeness (QED) is 0.863. The fourth-order valence-corrected chi connectivity index (χ4v) is 2.82. The van der Waals surface area contributed by atoms with Crippen LogP contribution in [0.1, 0.15) is 21.3 Å². The van der Waals surface area contributed by atoms with Gasteiger partial charge in [-0.25, -0.2) is 9.37 Å². The first-order valence-corrected chi connectivity index (χ1v) is 7.16. The van der Waals surface area contributed by atoms with Gasteiger partial charge in [-0.1, -0.05) is 6.07 Å². The van der Waals surface area contributed by atoms with E-state index in [1.165, 1.54) is 0 Å². The van der Waals surface area contributed by atoms with Gasteiger partial charge in [0, 0.05) is 17.6 Å². The Morgan fingerprint density at radius 3 is 2.81 bits per heavy atom. The van der Waals surface area contributed by atoms with Crippen LogP contribution in [0.25, 0.3) is 0 Å². The van der Waals surface area contributed by atoms with Crippen LogP contribution in [0, 0.1) is 11.8 Å². The zero-order valence-corrected chi connectivity index (χ0v) is 12.5. The number of hydrogen-bond acceptors (Lipinski definition) is 4. The molecule has 2 rings (SSSR count). The molecule has 0 aliphatic rings. The van der Waals surface area contributed by atoms with Gasteiger partial charge in [-0.3, -0.25) is 4.79 Å². The standard InChI is InChI=1S/C14H15F2N3OS/c1-19(2)10(11-4-3-7-21-11)8-18-14(20)9-5-6-17-13(16)12(9)15/h3-7,10H,8H2,1-2H3,(H,18,20). The lowest BCUT2D eigenvalue weighted by atomic mass is 10.2. The molecule has 0 aliphatic heterocycles. The third-order valence-electron chi connectivity index (χ3n) is 3.04. The van der Waals surface area contributed by atoms with Crippen LogP contribution in [-0.2, 0) is 0 Å². The number of amides is 1. The normalized spacial score (nSPS) is 12.4. The Hall–Kier alpha value is -1.86. The predicted molar refractivity (Wildman–Crippen MR) is 77.2 cm³/mol. The number of thiophene rings is 1. The summed E-state index contributed by atoms with van der Waals surface area (Å²) in [5.41, 5.74) is -0.341. The van der Waals surface area contributed by atoms with Crippen LogP contribution in [0.3, 0.4) is 0 Å². The third-order valence-corrected chi connectivity index (χ3v) is 4.02. The van der Waals surface area contributed by atoms with Gasteiger partial charge in [0.1, 0.15) is 0 Å². The molecule has 21 heavy (non-hydrogen) atoms. The molecule has 1 atom stereocenters. The van der Waals surface area contributed by atoms with E-state index in [9.17, 15) is 13.6 Å². The molecule has 1 N–H and O–H groups in total. The number of halogens is 2. The van der Waals surface area contributed by atoms with E-state index < -0.39 is 17.7 Å². The number of nitrogens with one attached hydrogen (secondary N) is 1. The van der Waals surface area contributed by atoms with E-state index in [-0.39, 0.29) is 11.6 Å². The van der Waals surface area contributed by atoms with E-state index >= 15 is 0 Å². The summed E-state index contributed by atoms with van der Waals surface area (Å²) in [5.74, 6) is -3.16. The van der Waals surface area contributed by atoms with Crippen LogP contribution < -0.4 is 5.32 Å². The number of carbonyl (C=O) groups excluding carboxylic acids is 1. The van der Waals surface area contributed by atoms with Crippen LogP contribution in [0.2, 0.25) is 0 Å². The molecule has 0 saturated carbocycles. The maximum Gasteiger partial charge on any atom is 0.254 e. The number of nitrogens with zero attached hydrogens (tertiary/aromatic N) is 2. The number of aromatic nitrogens is 1. The van der Waals surface area contributed by atoms with Crippen LogP contribution in [-0.4, -0.2) is 36.4 Å². The minimum absolute atomic E-state index is 0.0244.